The van der Waals surface area contributed by atoms with Gasteiger partial charge in [-0.25, -0.2) is 4.98 Å². The van der Waals surface area contributed by atoms with E-state index in [0.29, 0.717) is 23.3 Å². The first-order valence-corrected chi connectivity index (χ1v) is 9.92. The minimum atomic E-state index is 0.480. The zero-order chi connectivity index (χ0) is 20.8. The number of hydrogen-bond acceptors (Lipinski definition) is 5. The van der Waals surface area contributed by atoms with Crippen LogP contribution in [0.3, 0.4) is 0 Å². The summed E-state index contributed by atoms with van der Waals surface area (Å²) in [6.45, 7) is 0.667. The number of methoxy groups -OCH3 is 1. The van der Waals surface area contributed by atoms with E-state index in [9.17, 15) is 0 Å². The molecular weight excluding hydrogens is 396 g/mol. The van der Waals surface area contributed by atoms with Crippen molar-refractivity contribution < 1.29 is 4.74 Å². The lowest BCUT2D eigenvalue weighted by Crippen LogP contribution is -2.05. The molecule has 0 radical (unpaired) electrons. The van der Waals surface area contributed by atoms with Crippen molar-refractivity contribution in [3.8, 4) is 17.0 Å². The first-order valence-electron chi connectivity index (χ1n) is 9.54. The molecule has 5 nitrogen and oxygen atoms in total. The van der Waals surface area contributed by atoms with Gasteiger partial charge in [-0.05, 0) is 23.8 Å². The van der Waals surface area contributed by atoms with E-state index in [1.165, 1.54) is 5.56 Å². The van der Waals surface area contributed by atoms with Crippen LogP contribution >= 0.6 is 11.6 Å². The number of rotatable bonds is 7. The summed E-state index contributed by atoms with van der Waals surface area (Å²) in [5.41, 5.74) is 3.79. The predicted octanol–water partition coefficient (Wildman–Crippen LogP) is 6.16. The Morgan fingerprint density at radius 2 is 1.60 bits per heavy atom. The summed E-state index contributed by atoms with van der Waals surface area (Å²) in [5.74, 6) is 1.83. The molecule has 0 aliphatic rings. The molecule has 0 spiro atoms. The maximum atomic E-state index is 6.25. The normalized spacial score (nSPS) is 10.5. The maximum Gasteiger partial charge on any atom is 0.229 e. The average molecular weight is 417 g/mol. The summed E-state index contributed by atoms with van der Waals surface area (Å²) < 4.78 is 5.22. The molecule has 4 aromatic rings. The number of anilines is 3. The lowest BCUT2D eigenvalue weighted by Gasteiger charge is -2.12. The molecule has 0 atom stereocenters. The van der Waals surface area contributed by atoms with Gasteiger partial charge in [0.2, 0.25) is 5.95 Å². The number of nitrogens with one attached hydrogen (secondary N) is 2. The molecule has 2 N–H and O–H groups in total. The van der Waals surface area contributed by atoms with Crippen LogP contribution in [0.1, 0.15) is 5.56 Å². The van der Waals surface area contributed by atoms with Crippen LogP contribution in [0.15, 0.2) is 84.9 Å². The Morgan fingerprint density at radius 3 is 2.30 bits per heavy atom. The van der Waals surface area contributed by atoms with Gasteiger partial charge in [-0.15, -0.1) is 0 Å². The molecule has 6 heteroatoms. The Bertz CT molecular complexity index is 1120. The summed E-state index contributed by atoms with van der Waals surface area (Å²) in [6.07, 6.45) is 0. The molecule has 0 aliphatic carbocycles. The van der Waals surface area contributed by atoms with E-state index in [4.69, 9.17) is 16.3 Å². The van der Waals surface area contributed by atoms with E-state index in [0.717, 1.165) is 22.8 Å². The highest BCUT2D eigenvalue weighted by Gasteiger charge is 2.09. The highest BCUT2D eigenvalue weighted by molar-refractivity contribution is 6.32. The highest BCUT2D eigenvalue weighted by atomic mass is 35.5. The first-order chi connectivity index (χ1) is 14.7. The molecule has 1 heterocycles. The number of ether oxygens (including phenoxy) is 1. The Balaban J connectivity index is 1.64. The molecule has 0 amide bonds. The molecule has 1 aromatic heterocycles. The lowest BCUT2D eigenvalue weighted by molar-refractivity contribution is 0.415. The molecule has 0 aliphatic heterocycles. The Labute approximate surface area is 180 Å². The van der Waals surface area contributed by atoms with Gasteiger partial charge in [-0.3, -0.25) is 0 Å². The van der Waals surface area contributed by atoms with Crippen molar-refractivity contribution in [3.63, 3.8) is 0 Å². The Hall–Kier alpha value is -3.57. The van der Waals surface area contributed by atoms with Crippen molar-refractivity contribution in [1.29, 1.82) is 0 Å². The maximum absolute atomic E-state index is 6.25. The smallest absolute Gasteiger partial charge is 0.229 e. The van der Waals surface area contributed by atoms with Gasteiger partial charge in [0, 0.05) is 23.9 Å². The minimum Gasteiger partial charge on any atom is -0.495 e. The summed E-state index contributed by atoms with van der Waals surface area (Å²) in [7, 11) is 1.59. The van der Waals surface area contributed by atoms with E-state index in [-0.39, 0.29) is 0 Å². The Kier molecular flexibility index (Phi) is 6.11. The molecule has 0 bridgehead atoms. The molecule has 0 unspecified atom stereocenters. The monoisotopic (exact) mass is 416 g/mol. The molecular formula is C24H21ClN4O. The van der Waals surface area contributed by atoms with Crippen LogP contribution < -0.4 is 15.4 Å². The second kappa shape index (κ2) is 9.29. The van der Waals surface area contributed by atoms with Gasteiger partial charge >= 0.3 is 0 Å². The van der Waals surface area contributed by atoms with Crippen LogP contribution in [0.5, 0.6) is 5.75 Å². The fourth-order valence-electron chi connectivity index (χ4n) is 3.01. The molecule has 30 heavy (non-hydrogen) atoms. The van der Waals surface area contributed by atoms with Crippen LogP contribution in [0.4, 0.5) is 17.5 Å². The van der Waals surface area contributed by atoms with Gasteiger partial charge in [0.25, 0.3) is 0 Å². The fourth-order valence-corrected chi connectivity index (χ4v) is 3.27. The third-order valence-electron chi connectivity index (χ3n) is 4.52. The van der Waals surface area contributed by atoms with Crippen LogP contribution in [0.2, 0.25) is 5.02 Å². The average Bonchev–Trinajstić information content (AvgIpc) is 2.79. The number of benzene rings is 3. The van der Waals surface area contributed by atoms with Gasteiger partial charge in [0.05, 0.1) is 17.8 Å². The molecule has 3 aromatic carbocycles. The highest BCUT2D eigenvalue weighted by Crippen LogP contribution is 2.29. The lowest BCUT2D eigenvalue weighted by atomic mass is 10.1. The minimum absolute atomic E-state index is 0.480. The van der Waals surface area contributed by atoms with Gasteiger partial charge < -0.3 is 15.4 Å². The summed E-state index contributed by atoms with van der Waals surface area (Å²) >= 11 is 6.25. The van der Waals surface area contributed by atoms with Gasteiger partial charge in [-0.2, -0.15) is 4.98 Å². The topological polar surface area (TPSA) is 59.1 Å². The summed E-state index contributed by atoms with van der Waals surface area (Å²) in [6, 6.07) is 27.6. The standard InChI is InChI=1S/C24H21ClN4O/c1-30-22-13-12-19(14-20(22)25)27-24-28-21(18-10-6-3-7-11-18)15-23(29-24)26-16-17-8-4-2-5-9-17/h2-15H,16H2,1H3,(H2,26,27,28,29). The van der Waals surface area contributed by atoms with Gasteiger partial charge in [0.1, 0.15) is 11.6 Å². The summed E-state index contributed by atoms with van der Waals surface area (Å²) in [4.78, 5) is 9.32. The van der Waals surface area contributed by atoms with E-state index < -0.39 is 0 Å². The van der Waals surface area contributed by atoms with Crippen molar-refractivity contribution in [2.45, 2.75) is 6.54 Å². The molecule has 150 valence electrons. The number of nitrogens with zero attached hydrogens (tertiary/aromatic N) is 2. The second-order valence-electron chi connectivity index (χ2n) is 6.64. The van der Waals surface area contributed by atoms with Crippen molar-refractivity contribution in [3.05, 3.63) is 95.5 Å². The molecule has 0 fully saturated rings. The number of hydrogen-bond donors (Lipinski definition) is 2. The second-order valence-corrected chi connectivity index (χ2v) is 7.05. The van der Waals surface area contributed by atoms with Crippen LogP contribution in [-0.2, 0) is 6.54 Å². The summed E-state index contributed by atoms with van der Waals surface area (Å²) in [5, 5.41) is 7.15. The van der Waals surface area contributed by atoms with E-state index >= 15 is 0 Å². The molecule has 4 rings (SSSR count). The first kappa shape index (κ1) is 19.7. The van der Waals surface area contributed by atoms with E-state index in [1.54, 1.807) is 19.2 Å². The van der Waals surface area contributed by atoms with E-state index in [1.807, 2.05) is 60.7 Å². The van der Waals surface area contributed by atoms with Gasteiger partial charge in [0.15, 0.2) is 0 Å². The number of aromatic nitrogens is 2. The van der Waals surface area contributed by atoms with Gasteiger partial charge in [-0.1, -0.05) is 72.3 Å². The quantitative estimate of drug-likeness (QED) is 0.377. The van der Waals surface area contributed by atoms with Crippen LogP contribution in [-0.4, -0.2) is 17.1 Å². The van der Waals surface area contributed by atoms with E-state index in [2.05, 4.69) is 32.7 Å². The Morgan fingerprint density at radius 1 is 0.867 bits per heavy atom. The molecule has 0 saturated heterocycles. The zero-order valence-electron chi connectivity index (χ0n) is 16.5. The third-order valence-corrected chi connectivity index (χ3v) is 4.82. The van der Waals surface area contributed by atoms with Crippen molar-refractivity contribution in [2.75, 3.05) is 17.7 Å². The fraction of sp³-hybridized carbons (Fsp3) is 0.0833. The molecule has 0 saturated carbocycles. The third kappa shape index (κ3) is 4.88. The van der Waals surface area contributed by atoms with Crippen molar-refractivity contribution in [2.24, 2.45) is 0 Å². The largest absolute Gasteiger partial charge is 0.495 e. The van der Waals surface area contributed by atoms with Crippen LogP contribution in [0, 0.1) is 0 Å². The number of halogens is 1. The van der Waals surface area contributed by atoms with Crippen molar-refractivity contribution >= 4 is 29.1 Å². The van der Waals surface area contributed by atoms with Crippen LogP contribution in [0.25, 0.3) is 11.3 Å². The zero-order valence-corrected chi connectivity index (χ0v) is 17.2. The van der Waals surface area contributed by atoms with Crippen molar-refractivity contribution in [1.82, 2.24) is 9.97 Å². The SMILES string of the molecule is COc1ccc(Nc2nc(NCc3ccccc3)cc(-c3ccccc3)n2)cc1Cl. The predicted molar refractivity (Wildman–Crippen MR) is 123 cm³/mol.